The lowest BCUT2D eigenvalue weighted by Gasteiger charge is -2.15. The smallest absolute Gasteiger partial charge is 0.225 e. The molecule has 0 aliphatic heterocycles. The van der Waals surface area contributed by atoms with Gasteiger partial charge in [0.05, 0.1) is 16.7 Å². The van der Waals surface area contributed by atoms with Crippen LogP contribution in [0.25, 0.3) is 0 Å². The van der Waals surface area contributed by atoms with Crippen LogP contribution in [0, 0.1) is 5.92 Å². The third-order valence-electron chi connectivity index (χ3n) is 2.80. The normalized spacial score (nSPS) is 15.2. The first-order valence-electron chi connectivity index (χ1n) is 5.58. The minimum atomic E-state index is 0.248. The molecule has 1 heterocycles. The number of halogens is 1. The highest BCUT2D eigenvalue weighted by Crippen LogP contribution is 2.31. The topological polar surface area (TPSA) is 38.1 Å². The zero-order chi connectivity index (χ0) is 11.7. The zero-order valence-corrected chi connectivity index (χ0v) is 11.2. The summed E-state index contributed by atoms with van der Waals surface area (Å²) in [5, 5.41) is 4.41. The first kappa shape index (κ1) is 11.6. The zero-order valence-electron chi connectivity index (χ0n) is 9.61. The maximum absolute atomic E-state index is 11.8. The fourth-order valence-corrected chi connectivity index (χ4v) is 2.09. The molecule has 1 aromatic rings. The number of hydrogen-bond donors (Lipinski definition) is 0. The fraction of sp³-hybridized carbons (Fsp3) is 0.636. The van der Waals surface area contributed by atoms with Crippen molar-refractivity contribution in [2.75, 3.05) is 7.05 Å². The van der Waals surface area contributed by atoms with Crippen molar-refractivity contribution in [2.24, 2.45) is 5.92 Å². The van der Waals surface area contributed by atoms with Gasteiger partial charge in [-0.15, -0.1) is 0 Å². The molecule has 0 N–H and O–H groups in total. The molecule has 1 aromatic heterocycles. The van der Waals surface area contributed by atoms with Crippen LogP contribution in [0.1, 0.15) is 25.5 Å². The Morgan fingerprint density at radius 3 is 2.88 bits per heavy atom. The van der Waals surface area contributed by atoms with Crippen molar-refractivity contribution in [3.8, 4) is 0 Å². The van der Waals surface area contributed by atoms with Crippen LogP contribution < -0.4 is 0 Å². The highest BCUT2D eigenvalue weighted by Gasteiger charge is 2.32. The number of aryl methyl sites for hydroxylation is 1. The molecule has 0 atom stereocenters. The average Bonchev–Trinajstić information content (AvgIpc) is 3.04. The van der Waals surface area contributed by atoms with E-state index in [-0.39, 0.29) is 11.8 Å². The van der Waals surface area contributed by atoms with Gasteiger partial charge in [0.2, 0.25) is 5.91 Å². The Hall–Kier alpha value is -0.840. The molecule has 1 fully saturated rings. The van der Waals surface area contributed by atoms with Gasteiger partial charge in [0.1, 0.15) is 0 Å². The monoisotopic (exact) mass is 285 g/mol. The molecule has 0 saturated heterocycles. The third kappa shape index (κ3) is 2.45. The molecule has 88 valence electrons. The molecule has 0 radical (unpaired) electrons. The van der Waals surface area contributed by atoms with Gasteiger partial charge >= 0.3 is 0 Å². The molecule has 0 unspecified atom stereocenters. The van der Waals surface area contributed by atoms with E-state index in [1.807, 2.05) is 24.9 Å². The SMILES string of the molecule is CCn1cc(Br)c(CN(C)C(=O)C2CC2)n1. The molecule has 1 aliphatic carbocycles. The number of carbonyl (C=O) groups excluding carboxylic acids is 1. The summed E-state index contributed by atoms with van der Waals surface area (Å²) in [6.45, 7) is 3.48. The summed E-state index contributed by atoms with van der Waals surface area (Å²) < 4.78 is 2.85. The van der Waals surface area contributed by atoms with Gasteiger partial charge in [-0.3, -0.25) is 9.48 Å². The maximum Gasteiger partial charge on any atom is 0.225 e. The minimum absolute atomic E-state index is 0.248. The number of hydrogen-bond acceptors (Lipinski definition) is 2. The number of rotatable bonds is 4. The predicted molar refractivity (Wildman–Crippen MR) is 64.8 cm³/mol. The lowest BCUT2D eigenvalue weighted by atomic mass is 10.3. The van der Waals surface area contributed by atoms with Crippen LogP contribution in [-0.2, 0) is 17.9 Å². The molecule has 1 aliphatic rings. The first-order chi connectivity index (χ1) is 7.61. The van der Waals surface area contributed by atoms with Gasteiger partial charge in [-0.1, -0.05) is 0 Å². The summed E-state index contributed by atoms with van der Waals surface area (Å²) in [5.74, 6) is 0.523. The van der Waals surface area contributed by atoms with E-state index >= 15 is 0 Å². The Morgan fingerprint density at radius 2 is 2.38 bits per heavy atom. The molecule has 16 heavy (non-hydrogen) atoms. The summed E-state index contributed by atoms with van der Waals surface area (Å²) in [4.78, 5) is 13.5. The largest absolute Gasteiger partial charge is 0.340 e. The van der Waals surface area contributed by atoms with E-state index in [1.54, 1.807) is 4.90 Å². The molecule has 2 rings (SSSR count). The summed E-state index contributed by atoms with van der Waals surface area (Å²) >= 11 is 3.47. The maximum atomic E-state index is 11.8. The molecule has 4 nitrogen and oxygen atoms in total. The second-order valence-corrected chi connectivity index (χ2v) is 5.10. The van der Waals surface area contributed by atoms with Crippen molar-refractivity contribution >= 4 is 21.8 Å². The number of aromatic nitrogens is 2. The van der Waals surface area contributed by atoms with E-state index in [0.29, 0.717) is 6.54 Å². The van der Waals surface area contributed by atoms with Gasteiger partial charge in [0.15, 0.2) is 0 Å². The van der Waals surface area contributed by atoms with Gasteiger partial charge in [-0.25, -0.2) is 0 Å². The van der Waals surface area contributed by atoms with Crippen molar-refractivity contribution < 1.29 is 4.79 Å². The summed E-state index contributed by atoms with van der Waals surface area (Å²) in [5.41, 5.74) is 0.929. The summed E-state index contributed by atoms with van der Waals surface area (Å²) in [6, 6.07) is 0. The second-order valence-electron chi connectivity index (χ2n) is 4.25. The first-order valence-corrected chi connectivity index (χ1v) is 6.38. The Morgan fingerprint density at radius 1 is 1.69 bits per heavy atom. The standard InChI is InChI=1S/C11H16BrN3O/c1-3-15-6-9(12)10(13-15)7-14(2)11(16)8-4-5-8/h6,8H,3-5,7H2,1-2H3. The number of nitrogens with zero attached hydrogens (tertiary/aromatic N) is 3. The van der Waals surface area contributed by atoms with Crippen molar-refractivity contribution in [3.05, 3.63) is 16.4 Å². The van der Waals surface area contributed by atoms with Gasteiger partial charge in [0.25, 0.3) is 0 Å². The quantitative estimate of drug-likeness (QED) is 0.849. The Balaban J connectivity index is 2.01. The third-order valence-corrected chi connectivity index (χ3v) is 3.46. The molecule has 1 saturated carbocycles. The number of carbonyl (C=O) groups is 1. The van der Waals surface area contributed by atoms with Crippen LogP contribution in [0.3, 0.4) is 0 Å². The van der Waals surface area contributed by atoms with Crippen LogP contribution in [0.15, 0.2) is 10.7 Å². The van der Waals surface area contributed by atoms with Crippen LogP contribution >= 0.6 is 15.9 Å². The minimum Gasteiger partial charge on any atom is -0.340 e. The molecule has 0 aromatic carbocycles. The van der Waals surface area contributed by atoms with Crippen molar-refractivity contribution in [1.29, 1.82) is 0 Å². The molecule has 1 amide bonds. The average molecular weight is 286 g/mol. The molecular formula is C11H16BrN3O. The number of amides is 1. The highest BCUT2D eigenvalue weighted by atomic mass is 79.9. The Kier molecular flexibility index (Phi) is 3.33. The molecular weight excluding hydrogens is 270 g/mol. The van der Waals surface area contributed by atoms with E-state index < -0.39 is 0 Å². The van der Waals surface area contributed by atoms with E-state index in [4.69, 9.17) is 0 Å². The van der Waals surface area contributed by atoms with Gasteiger partial charge in [-0.2, -0.15) is 5.10 Å². The van der Waals surface area contributed by atoms with Crippen molar-refractivity contribution in [1.82, 2.24) is 14.7 Å². The van der Waals surface area contributed by atoms with Crippen molar-refractivity contribution in [3.63, 3.8) is 0 Å². The van der Waals surface area contributed by atoms with E-state index in [9.17, 15) is 4.79 Å². The predicted octanol–water partition coefficient (Wildman–Crippen LogP) is 2.03. The Bertz CT molecular complexity index is 398. The van der Waals surface area contributed by atoms with Gasteiger partial charge in [-0.05, 0) is 35.7 Å². The van der Waals surface area contributed by atoms with E-state index in [0.717, 1.165) is 29.6 Å². The van der Waals surface area contributed by atoms with E-state index in [2.05, 4.69) is 21.0 Å². The lowest BCUT2D eigenvalue weighted by Crippen LogP contribution is -2.27. The van der Waals surface area contributed by atoms with Crippen LogP contribution in [-0.4, -0.2) is 27.6 Å². The van der Waals surface area contributed by atoms with E-state index in [1.165, 1.54) is 0 Å². The summed E-state index contributed by atoms with van der Waals surface area (Å²) in [7, 11) is 1.85. The lowest BCUT2D eigenvalue weighted by molar-refractivity contribution is -0.131. The second kappa shape index (κ2) is 4.57. The fourth-order valence-electron chi connectivity index (χ4n) is 1.65. The van der Waals surface area contributed by atoms with Crippen LogP contribution in [0.2, 0.25) is 0 Å². The summed E-state index contributed by atoms with van der Waals surface area (Å²) in [6.07, 6.45) is 4.05. The van der Waals surface area contributed by atoms with Crippen LogP contribution in [0.4, 0.5) is 0 Å². The van der Waals surface area contributed by atoms with Gasteiger partial charge < -0.3 is 4.90 Å². The van der Waals surface area contributed by atoms with Crippen LogP contribution in [0.5, 0.6) is 0 Å². The highest BCUT2D eigenvalue weighted by molar-refractivity contribution is 9.10. The molecule has 5 heteroatoms. The molecule has 0 spiro atoms. The van der Waals surface area contributed by atoms with Gasteiger partial charge in [0, 0.05) is 25.7 Å². The molecule has 0 bridgehead atoms. The Labute approximate surface area is 104 Å². The van der Waals surface area contributed by atoms with Crippen molar-refractivity contribution in [2.45, 2.75) is 32.9 Å².